The first-order valence-corrected chi connectivity index (χ1v) is 8.36. The second-order valence-corrected chi connectivity index (χ2v) is 6.80. The van der Waals surface area contributed by atoms with Gasteiger partial charge in [0.15, 0.2) is 5.78 Å². The number of hydrogen-bond donors (Lipinski definition) is 0. The Balaban J connectivity index is 1.81. The Morgan fingerprint density at radius 3 is 2.78 bits per heavy atom. The lowest BCUT2D eigenvalue weighted by atomic mass is 9.92. The molecule has 0 N–H and O–H groups in total. The van der Waals surface area contributed by atoms with Crippen LogP contribution in [0.4, 0.5) is 0 Å². The number of likely N-dealkylation sites (tertiary alicyclic amines) is 1. The number of rotatable bonds is 5. The zero-order chi connectivity index (χ0) is 13.0. The molecule has 0 atom stereocenters. The quantitative estimate of drug-likeness (QED) is 0.754. The third kappa shape index (κ3) is 3.65. The van der Waals surface area contributed by atoms with Crippen LogP contribution in [0.2, 0.25) is 0 Å². The molecule has 2 rings (SSSR count). The number of ketones is 1. The van der Waals surface area contributed by atoms with Crippen molar-refractivity contribution < 1.29 is 4.79 Å². The molecule has 0 unspecified atom stereocenters. The van der Waals surface area contributed by atoms with E-state index in [2.05, 4.69) is 27.8 Å². The normalized spacial score (nSPS) is 18.1. The van der Waals surface area contributed by atoms with E-state index in [9.17, 15) is 4.79 Å². The second-order valence-electron chi connectivity index (χ2n) is 5.03. The van der Waals surface area contributed by atoms with Crippen molar-refractivity contribution in [3.63, 3.8) is 0 Å². The van der Waals surface area contributed by atoms with Gasteiger partial charge in [-0.05, 0) is 59.2 Å². The monoisotopic (exact) mass is 329 g/mol. The van der Waals surface area contributed by atoms with Crippen LogP contribution in [0.15, 0.2) is 15.9 Å². The summed E-state index contributed by atoms with van der Waals surface area (Å²) in [6.45, 7) is 5.00. The molecule has 0 amide bonds. The highest BCUT2D eigenvalue weighted by Crippen LogP contribution is 2.25. The molecule has 0 aliphatic carbocycles. The fourth-order valence-electron chi connectivity index (χ4n) is 2.61. The summed E-state index contributed by atoms with van der Waals surface area (Å²) in [4.78, 5) is 15.3. The van der Waals surface area contributed by atoms with E-state index in [4.69, 9.17) is 0 Å². The molecule has 1 aliphatic heterocycles. The van der Waals surface area contributed by atoms with E-state index in [-0.39, 0.29) is 5.78 Å². The lowest BCUT2D eigenvalue weighted by Crippen LogP contribution is -2.37. The van der Waals surface area contributed by atoms with E-state index in [0.717, 1.165) is 28.4 Å². The molecule has 18 heavy (non-hydrogen) atoms. The topological polar surface area (TPSA) is 20.3 Å². The van der Waals surface area contributed by atoms with Crippen LogP contribution in [0.25, 0.3) is 0 Å². The van der Waals surface area contributed by atoms with Crippen LogP contribution in [0.5, 0.6) is 0 Å². The number of carbonyl (C=O) groups is 1. The maximum atomic E-state index is 12.1. The second kappa shape index (κ2) is 6.83. The van der Waals surface area contributed by atoms with E-state index in [1.165, 1.54) is 37.0 Å². The number of piperidine rings is 1. The molecule has 100 valence electrons. The van der Waals surface area contributed by atoms with Gasteiger partial charge in [-0.25, -0.2) is 0 Å². The van der Waals surface area contributed by atoms with Crippen molar-refractivity contribution in [3.8, 4) is 0 Å². The number of carbonyl (C=O) groups excluding carboxylic acids is 1. The smallest absolute Gasteiger partial charge is 0.187 e. The van der Waals surface area contributed by atoms with Gasteiger partial charge in [0.25, 0.3) is 0 Å². The molecule has 4 heteroatoms. The average Bonchev–Trinajstić information content (AvgIpc) is 2.78. The molecule has 0 radical (unpaired) electrons. The standard InChI is InChI=1S/C14H20BrNOS/c1-2-3-11-4-7-16(8-5-11)10-13(17)14-12(15)6-9-18-14/h6,9,11H,2-5,7-8,10H2,1H3. The highest BCUT2D eigenvalue weighted by molar-refractivity contribution is 9.10. The molecule has 0 bridgehead atoms. The predicted octanol–water partition coefficient (Wildman–Crippen LogP) is 4.21. The predicted molar refractivity (Wildman–Crippen MR) is 80.4 cm³/mol. The van der Waals surface area contributed by atoms with Crippen LogP contribution in [0.3, 0.4) is 0 Å². The van der Waals surface area contributed by atoms with E-state index >= 15 is 0 Å². The first-order valence-electron chi connectivity index (χ1n) is 6.69. The van der Waals surface area contributed by atoms with E-state index in [1.54, 1.807) is 0 Å². The van der Waals surface area contributed by atoms with Crippen LogP contribution in [0.1, 0.15) is 42.3 Å². The van der Waals surface area contributed by atoms with Gasteiger partial charge in [-0.15, -0.1) is 11.3 Å². The minimum absolute atomic E-state index is 0.255. The summed E-state index contributed by atoms with van der Waals surface area (Å²) in [5.41, 5.74) is 0. The largest absolute Gasteiger partial charge is 0.296 e. The summed E-state index contributed by atoms with van der Waals surface area (Å²) in [6, 6.07) is 1.95. The number of Topliss-reactive ketones (excluding diaryl/α,β-unsaturated/α-hetero) is 1. The Morgan fingerprint density at radius 2 is 2.22 bits per heavy atom. The Labute approximate surface area is 122 Å². The minimum atomic E-state index is 0.255. The van der Waals surface area contributed by atoms with Gasteiger partial charge in [-0.1, -0.05) is 19.8 Å². The molecule has 1 saturated heterocycles. The Bertz CT molecular complexity index is 396. The Morgan fingerprint density at radius 1 is 1.50 bits per heavy atom. The summed E-state index contributed by atoms with van der Waals surface area (Å²) in [6.07, 6.45) is 5.14. The van der Waals surface area contributed by atoms with Gasteiger partial charge >= 0.3 is 0 Å². The molecule has 2 nitrogen and oxygen atoms in total. The molecule has 1 aliphatic rings. The number of nitrogens with zero attached hydrogens (tertiary/aromatic N) is 1. The van der Waals surface area contributed by atoms with Crippen molar-refractivity contribution >= 4 is 33.0 Å². The molecule has 2 heterocycles. The first kappa shape index (κ1) is 14.2. The average molecular weight is 330 g/mol. The van der Waals surface area contributed by atoms with Crippen molar-refractivity contribution in [1.29, 1.82) is 0 Å². The number of thiophene rings is 1. The molecule has 0 aromatic carbocycles. The van der Waals surface area contributed by atoms with E-state index < -0.39 is 0 Å². The molecular weight excluding hydrogens is 310 g/mol. The molecular formula is C14H20BrNOS. The van der Waals surface area contributed by atoms with Gasteiger partial charge in [0.1, 0.15) is 0 Å². The van der Waals surface area contributed by atoms with Gasteiger partial charge in [-0.2, -0.15) is 0 Å². The van der Waals surface area contributed by atoms with Crippen LogP contribution in [0, 0.1) is 5.92 Å². The summed E-state index contributed by atoms with van der Waals surface area (Å²) in [5, 5.41) is 1.96. The third-order valence-electron chi connectivity index (χ3n) is 3.64. The fourth-order valence-corrected chi connectivity index (χ4v) is 4.13. The number of hydrogen-bond acceptors (Lipinski definition) is 3. The van der Waals surface area contributed by atoms with Crippen molar-refractivity contribution in [2.24, 2.45) is 5.92 Å². The lowest BCUT2D eigenvalue weighted by molar-refractivity contribution is 0.0896. The summed E-state index contributed by atoms with van der Waals surface area (Å²) in [7, 11) is 0. The summed E-state index contributed by atoms with van der Waals surface area (Å²) < 4.78 is 0.943. The van der Waals surface area contributed by atoms with Gasteiger partial charge in [-0.3, -0.25) is 9.69 Å². The first-order chi connectivity index (χ1) is 8.70. The Hall–Kier alpha value is -0.190. The molecule has 0 spiro atoms. The molecule has 1 aromatic rings. The van der Waals surface area contributed by atoms with Crippen molar-refractivity contribution in [2.45, 2.75) is 32.6 Å². The highest BCUT2D eigenvalue weighted by Gasteiger charge is 2.21. The zero-order valence-corrected chi connectivity index (χ0v) is 13.2. The van der Waals surface area contributed by atoms with Crippen molar-refractivity contribution in [1.82, 2.24) is 4.90 Å². The summed E-state index contributed by atoms with van der Waals surface area (Å²) in [5.74, 6) is 1.14. The van der Waals surface area contributed by atoms with Gasteiger partial charge in [0, 0.05) is 4.47 Å². The fraction of sp³-hybridized carbons (Fsp3) is 0.643. The Kier molecular flexibility index (Phi) is 5.39. The van der Waals surface area contributed by atoms with Gasteiger partial charge < -0.3 is 0 Å². The zero-order valence-electron chi connectivity index (χ0n) is 10.8. The number of halogens is 1. The van der Waals surface area contributed by atoms with Crippen LogP contribution in [-0.2, 0) is 0 Å². The van der Waals surface area contributed by atoms with E-state index in [1.807, 2.05) is 11.4 Å². The molecule has 1 fully saturated rings. The lowest BCUT2D eigenvalue weighted by Gasteiger charge is -2.31. The van der Waals surface area contributed by atoms with Crippen molar-refractivity contribution in [2.75, 3.05) is 19.6 Å². The molecule has 0 saturated carbocycles. The molecule has 1 aromatic heterocycles. The summed E-state index contributed by atoms with van der Waals surface area (Å²) >= 11 is 4.96. The van der Waals surface area contributed by atoms with Gasteiger partial charge in [0.2, 0.25) is 0 Å². The SMILES string of the molecule is CCCC1CCN(CC(=O)c2sccc2Br)CC1. The minimum Gasteiger partial charge on any atom is -0.296 e. The van der Waals surface area contributed by atoms with Crippen LogP contribution >= 0.6 is 27.3 Å². The van der Waals surface area contributed by atoms with Crippen LogP contribution < -0.4 is 0 Å². The maximum absolute atomic E-state index is 12.1. The van der Waals surface area contributed by atoms with Crippen molar-refractivity contribution in [3.05, 3.63) is 20.8 Å². The van der Waals surface area contributed by atoms with Gasteiger partial charge in [0.05, 0.1) is 11.4 Å². The highest BCUT2D eigenvalue weighted by atomic mass is 79.9. The van der Waals surface area contributed by atoms with E-state index in [0.29, 0.717) is 6.54 Å². The van der Waals surface area contributed by atoms with Crippen LogP contribution in [-0.4, -0.2) is 30.3 Å². The third-order valence-corrected chi connectivity index (χ3v) is 5.52. The maximum Gasteiger partial charge on any atom is 0.187 e.